The number of hydrogen-bond donors (Lipinski definition) is 0. The number of hydrogen-bond acceptors (Lipinski definition) is 5. The molecule has 0 radical (unpaired) electrons. The van der Waals surface area contributed by atoms with Gasteiger partial charge in [-0.3, -0.25) is 4.79 Å². The van der Waals surface area contributed by atoms with Crippen LogP contribution in [0.1, 0.15) is 24.0 Å². The number of rotatable bonds is 9. The number of methoxy groups -OCH3 is 1. The minimum Gasteiger partial charge on any atom is -0.497 e. The van der Waals surface area contributed by atoms with Crippen LogP contribution < -0.4 is 13.8 Å². The smallest absolute Gasteiger partial charge is 0.270 e. The predicted molar refractivity (Wildman–Crippen MR) is 125 cm³/mol. The largest absolute Gasteiger partial charge is 0.497 e. The molecule has 0 bridgehead atoms. The summed E-state index contributed by atoms with van der Waals surface area (Å²) in [6.07, 6.45) is 0.395. The number of aryl methyl sites for hydroxylation is 2. The van der Waals surface area contributed by atoms with Gasteiger partial charge in [0.25, 0.3) is 10.0 Å². The van der Waals surface area contributed by atoms with Crippen molar-refractivity contribution in [3.8, 4) is 11.5 Å². The van der Waals surface area contributed by atoms with Gasteiger partial charge in [0.2, 0.25) is 5.91 Å². The predicted octanol–water partition coefficient (Wildman–Crippen LogP) is 4.89. The summed E-state index contributed by atoms with van der Waals surface area (Å²) >= 11 is 0. The first kappa shape index (κ1) is 23.3. The maximum absolute atomic E-state index is 13.4. The molecule has 3 aromatic carbocycles. The molecule has 0 aromatic heterocycles. The first-order chi connectivity index (χ1) is 15.3. The fraction of sp³-hybridized carbons (Fsp3) is 0.240. The number of carbonyl (C=O) groups is 1. The number of ether oxygens (including phenoxy) is 2. The molecule has 32 heavy (non-hydrogen) atoms. The van der Waals surface area contributed by atoms with Crippen molar-refractivity contribution in [2.24, 2.45) is 0 Å². The van der Waals surface area contributed by atoms with Crippen molar-refractivity contribution >= 4 is 21.6 Å². The van der Waals surface area contributed by atoms with Gasteiger partial charge in [-0.05, 0) is 74.4 Å². The van der Waals surface area contributed by atoms with Crippen molar-refractivity contribution < 1.29 is 22.7 Å². The number of benzene rings is 3. The maximum Gasteiger partial charge on any atom is 0.270 e. The highest BCUT2D eigenvalue weighted by Gasteiger charge is 2.30. The van der Waals surface area contributed by atoms with Gasteiger partial charge in [0.15, 0.2) is 0 Å². The Balaban J connectivity index is 1.79. The average molecular weight is 454 g/mol. The second-order valence-electron chi connectivity index (χ2n) is 7.44. The van der Waals surface area contributed by atoms with Gasteiger partial charge in [-0.2, -0.15) is 0 Å². The Morgan fingerprint density at radius 1 is 0.875 bits per heavy atom. The third-order valence-corrected chi connectivity index (χ3v) is 6.65. The van der Waals surface area contributed by atoms with Crippen LogP contribution in [-0.4, -0.2) is 28.0 Å². The highest BCUT2D eigenvalue weighted by Crippen LogP contribution is 2.27. The summed E-state index contributed by atoms with van der Waals surface area (Å²) in [5.74, 6) is 0.765. The second kappa shape index (κ2) is 10.3. The molecule has 0 atom stereocenters. The van der Waals surface area contributed by atoms with Crippen LogP contribution >= 0.6 is 0 Å². The first-order valence-electron chi connectivity index (χ1n) is 10.3. The normalized spacial score (nSPS) is 11.1. The van der Waals surface area contributed by atoms with Crippen molar-refractivity contribution in [1.29, 1.82) is 0 Å². The molecule has 0 fully saturated rings. The lowest BCUT2D eigenvalue weighted by Gasteiger charge is -2.23. The van der Waals surface area contributed by atoms with E-state index in [9.17, 15) is 13.2 Å². The van der Waals surface area contributed by atoms with E-state index in [1.54, 1.807) is 36.4 Å². The monoisotopic (exact) mass is 453 g/mol. The van der Waals surface area contributed by atoms with Gasteiger partial charge in [-0.25, -0.2) is 12.7 Å². The Kier molecular flexibility index (Phi) is 7.53. The van der Waals surface area contributed by atoms with Crippen LogP contribution in [0.25, 0.3) is 0 Å². The van der Waals surface area contributed by atoms with Crippen LogP contribution in [-0.2, 0) is 14.8 Å². The fourth-order valence-electron chi connectivity index (χ4n) is 3.17. The van der Waals surface area contributed by atoms with E-state index < -0.39 is 15.9 Å². The minimum atomic E-state index is -4.08. The van der Waals surface area contributed by atoms with Gasteiger partial charge in [-0.1, -0.05) is 29.8 Å². The van der Waals surface area contributed by atoms with Crippen LogP contribution in [0.4, 0.5) is 5.69 Å². The third kappa shape index (κ3) is 5.68. The van der Waals surface area contributed by atoms with Gasteiger partial charge in [0.05, 0.1) is 24.3 Å². The number of sulfonamides is 1. The SMILES string of the molecule is COc1ccc(N(C(=O)CCCOc2cccc(C)c2)S(=O)(=O)c2ccc(C)cc2)cc1. The molecule has 0 heterocycles. The fourth-order valence-corrected chi connectivity index (χ4v) is 4.62. The summed E-state index contributed by atoms with van der Waals surface area (Å²) < 4.78 is 38.5. The zero-order valence-electron chi connectivity index (χ0n) is 18.4. The lowest BCUT2D eigenvalue weighted by Crippen LogP contribution is -2.37. The van der Waals surface area contributed by atoms with E-state index in [4.69, 9.17) is 9.47 Å². The lowest BCUT2D eigenvalue weighted by atomic mass is 10.2. The van der Waals surface area contributed by atoms with Gasteiger partial charge < -0.3 is 9.47 Å². The van der Waals surface area contributed by atoms with E-state index in [1.807, 2.05) is 38.1 Å². The van der Waals surface area contributed by atoms with Crippen molar-refractivity contribution in [2.75, 3.05) is 18.0 Å². The third-order valence-electron chi connectivity index (χ3n) is 4.89. The summed E-state index contributed by atoms with van der Waals surface area (Å²) in [6.45, 7) is 4.15. The van der Waals surface area contributed by atoms with Crippen LogP contribution in [0, 0.1) is 13.8 Å². The highest BCUT2D eigenvalue weighted by molar-refractivity contribution is 7.93. The summed E-state index contributed by atoms with van der Waals surface area (Å²) in [6, 6.07) is 20.4. The number of anilines is 1. The summed E-state index contributed by atoms with van der Waals surface area (Å²) in [5, 5.41) is 0. The van der Waals surface area contributed by atoms with Gasteiger partial charge in [0.1, 0.15) is 11.5 Å². The molecular formula is C25H27NO5S. The minimum absolute atomic E-state index is 0.0168. The van der Waals surface area contributed by atoms with Crippen LogP contribution in [0.15, 0.2) is 77.7 Å². The Labute approximate surface area is 189 Å². The van der Waals surface area contributed by atoms with Gasteiger partial charge in [0, 0.05) is 6.42 Å². The van der Waals surface area contributed by atoms with E-state index in [0.717, 1.165) is 21.2 Å². The Morgan fingerprint density at radius 2 is 1.56 bits per heavy atom. The molecule has 6 nitrogen and oxygen atoms in total. The average Bonchev–Trinajstić information content (AvgIpc) is 2.77. The lowest BCUT2D eigenvalue weighted by molar-refractivity contribution is -0.117. The Bertz CT molecular complexity index is 1160. The van der Waals surface area contributed by atoms with Gasteiger partial charge in [-0.15, -0.1) is 0 Å². The van der Waals surface area contributed by atoms with Crippen LogP contribution in [0.2, 0.25) is 0 Å². The number of carbonyl (C=O) groups excluding carboxylic acids is 1. The standard InChI is InChI=1S/C25H27NO5S/c1-19-9-15-24(16-10-19)32(28,29)26(21-11-13-22(30-3)14-12-21)25(27)8-5-17-31-23-7-4-6-20(2)18-23/h4,6-7,9-16,18H,5,8,17H2,1-3H3. The Morgan fingerprint density at radius 3 is 2.19 bits per heavy atom. The molecule has 3 rings (SSSR count). The van der Waals surface area contributed by atoms with Crippen molar-refractivity contribution in [1.82, 2.24) is 0 Å². The topological polar surface area (TPSA) is 72.9 Å². The molecule has 7 heteroatoms. The Hall–Kier alpha value is -3.32. The molecule has 3 aromatic rings. The van der Waals surface area contributed by atoms with Crippen molar-refractivity contribution in [3.05, 3.63) is 83.9 Å². The number of nitrogens with zero attached hydrogens (tertiary/aromatic N) is 1. The van der Waals surface area contributed by atoms with Gasteiger partial charge >= 0.3 is 0 Å². The van der Waals surface area contributed by atoms with E-state index in [1.165, 1.54) is 19.2 Å². The van der Waals surface area contributed by atoms with E-state index in [0.29, 0.717) is 18.8 Å². The van der Waals surface area contributed by atoms with E-state index in [-0.39, 0.29) is 17.0 Å². The highest BCUT2D eigenvalue weighted by atomic mass is 32.2. The molecule has 1 amide bonds. The summed E-state index contributed by atoms with van der Waals surface area (Å²) in [7, 11) is -2.56. The van der Waals surface area contributed by atoms with E-state index >= 15 is 0 Å². The molecule has 0 N–H and O–H groups in total. The summed E-state index contributed by atoms with van der Waals surface area (Å²) in [5.41, 5.74) is 2.27. The molecule has 0 aliphatic heterocycles. The molecule has 0 aliphatic rings. The zero-order chi connectivity index (χ0) is 23.1. The molecular weight excluding hydrogens is 426 g/mol. The first-order valence-corrected chi connectivity index (χ1v) is 11.7. The molecule has 0 unspecified atom stereocenters. The quantitative estimate of drug-likeness (QED) is 0.431. The molecule has 0 aliphatic carbocycles. The molecule has 0 saturated heterocycles. The number of amides is 1. The van der Waals surface area contributed by atoms with Crippen molar-refractivity contribution in [2.45, 2.75) is 31.6 Å². The summed E-state index contributed by atoms with van der Waals surface area (Å²) in [4.78, 5) is 13.2. The maximum atomic E-state index is 13.4. The molecule has 0 saturated carbocycles. The van der Waals surface area contributed by atoms with E-state index in [2.05, 4.69) is 0 Å². The van der Waals surface area contributed by atoms with Crippen LogP contribution in [0.3, 0.4) is 0 Å². The molecule has 0 spiro atoms. The second-order valence-corrected chi connectivity index (χ2v) is 9.23. The van der Waals surface area contributed by atoms with Crippen molar-refractivity contribution in [3.63, 3.8) is 0 Å². The van der Waals surface area contributed by atoms with Crippen LogP contribution in [0.5, 0.6) is 11.5 Å². The molecule has 168 valence electrons. The zero-order valence-corrected chi connectivity index (χ0v) is 19.3.